The average Bonchev–Trinajstić information content (AvgIpc) is 2.48. The number of carbonyl (C=O) groups excluding carboxylic acids is 1. The van der Waals surface area contributed by atoms with Crippen LogP contribution < -0.4 is 11.1 Å². The Bertz CT molecular complexity index is 468. The first-order valence-corrected chi connectivity index (χ1v) is 7.59. The van der Waals surface area contributed by atoms with E-state index in [1.165, 1.54) is 0 Å². The van der Waals surface area contributed by atoms with Gasteiger partial charge in [-0.15, -0.1) is 0 Å². The van der Waals surface area contributed by atoms with Crippen LogP contribution in [0.25, 0.3) is 0 Å². The zero-order valence-corrected chi connectivity index (χ0v) is 12.8. The fourth-order valence-corrected chi connectivity index (χ4v) is 2.38. The number of amides is 1. The third kappa shape index (κ3) is 4.55. The number of para-hydroxylation sites is 2. The van der Waals surface area contributed by atoms with Gasteiger partial charge in [0.05, 0.1) is 18.0 Å². The monoisotopic (exact) mass is 291 g/mol. The number of hydrogen-bond acceptors (Lipinski definition) is 4. The van der Waals surface area contributed by atoms with Crippen molar-refractivity contribution in [2.24, 2.45) is 5.92 Å². The molecule has 1 aromatic rings. The summed E-state index contributed by atoms with van der Waals surface area (Å²) in [5, 5.41) is 3.46. The third-order valence-electron chi connectivity index (χ3n) is 3.61. The Hall–Kier alpha value is -1.91. The van der Waals surface area contributed by atoms with Gasteiger partial charge in [-0.2, -0.15) is 0 Å². The van der Waals surface area contributed by atoms with E-state index in [-0.39, 0.29) is 6.09 Å². The molecular formula is C16H25N3O2. The van der Waals surface area contributed by atoms with Gasteiger partial charge >= 0.3 is 6.09 Å². The minimum absolute atomic E-state index is 0.193. The fourth-order valence-electron chi connectivity index (χ4n) is 2.38. The van der Waals surface area contributed by atoms with Crippen LogP contribution in [0, 0.1) is 5.92 Å². The van der Waals surface area contributed by atoms with Gasteiger partial charge in [0, 0.05) is 19.1 Å². The molecule has 1 heterocycles. The summed E-state index contributed by atoms with van der Waals surface area (Å²) >= 11 is 0. The molecule has 0 radical (unpaired) electrons. The molecule has 1 aliphatic rings. The predicted octanol–water partition coefficient (Wildman–Crippen LogP) is 2.94. The number of benzene rings is 1. The summed E-state index contributed by atoms with van der Waals surface area (Å²) in [5.74, 6) is 0.370. The lowest BCUT2D eigenvalue weighted by molar-refractivity contribution is 0.0845. The van der Waals surface area contributed by atoms with E-state index in [0.29, 0.717) is 18.6 Å². The molecule has 1 saturated heterocycles. The number of piperidine rings is 1. The number of nitrogens with one attached hydrogen (secondary N) is 1. The Kier molecular flexibility index (Phi) is 5.31. The minimum Gasteiger partial charge on any atom is -0.449 e. The summed E-state index contributed by atoms with van der Waals surface area (Å²) in [6, 6.07) is 8.12. The van der Waals surface area contributed by atoms with Gasteiger partial charge in [-0.05, 0) is 30.9 Å². The Morgan fingerprint density at radius 3 is 2.67 bits per heavy atom. The maximum Gasteiger partial charge on any atom is 0.409 e. The lowest BCUT2D eigenvalue weighted by Crippen LogP contribution is -2.43. The summed E-state index contributed by atoms with van der Waals surface area (Å²) < 4.78 is 5.26. The van der Waals surface area contributed by atoms with Gasteiger partial charge in [0.2, 0.25) is 0 Å². The maximum atomic E-state index is 11.9. The molecule has 1 aliphatic heterocycles. The van der Waals surface area contributed by atoms with Crippen LogP contribution in [0.5, 0.6) is 0 Å². The van der Waals surface area contributed by atoms with Crippen molar-refractivity contribution in [3.63, 3.8) is 0 Å². The summed E-state index contributed by atoms with van der Waals surface area (Å²) in [5.41, 5.74) is 7.67. The van der Waals surface area contributed by atoms with Crippen LogP contribution in [0.15, 0.2) is 24.3 Å². The highest BCUT2D eigenvalue weighted by Gasteiger charge is 2.24. The zero-order valence-electron chi connectivity index (χ0n) is 12.8. The molecule has 1 fully saturated rings. The van der Waals surface area contributed by atoms with Gasteiger partial charge in [0.25, 0.3) is 0 Å². The first kappa shape index (κ1) is 15.5. The highest BCUT2D eigenvalue weighted by Crippen LogP contribution is 2.22. The topological polar surface area (TPSA) is 67.6 Å². The van der Waals surface area contributed by atoms with E-state index < -0.39 is 0 Å². The van der Waals surface area contributed by atoms with Crippen molar-refractivity contribution >= 4 is 17.5 Å². The molecule has 116 valence electrons. The van der Waals surface area contributed by atoms with E-state index in [9.17, 15) is 4.79 Å². The van der Waals surface area contributed by atoms with Crippen LogP contribution in [0.1, 0.15) is 26.7 Å². The van der Waals surface area contributed by atoms with Crippen molar-refractivity contribution in [1.82, 2.24) is 4.90 Å². The van der Waals surface area contributed by atoms with Crippen LogP contribution in [0.3, 0.4) is 0 Å². The van der Waals surface area contributed by atoms with Crippen LogP contribution in [0.2, 0.25) is 0 Å². The lowest BCUT2D eigenvalue weighted by Gasteiger charge is -2.32. The molecule has 5 nitrogen and oxygen atoms in total. The molecule has 0 saturated carbocycles. The Morgan fingerprint density at radius 1 is 1.38 bits per heavy atom. The van der Waals surface area contributed by atoms with E-state index in [0.717, 1.165) is 37.3 Å². The second kappa shape index (κ2) is 7.20. The number of ether oxygens (including phenoxy) is 1. The van der Waals surface area contributed by atoms with Gasteiger partial charge in [-0.1, -0.05) is 26.0 Å². The quantitative estimate of drug-likeness (QED) is 0.837. The normalized spacial score (nSPS) is 16.0. The molecule has 0 atom stereocenters. The third-order valence-corrected chi connectivity index (χ3v) is 3.61. The summed E-state index contributed by atoms with van der Waals surface area (Å²) in [7, 11) is 0. The van der Waals surface area contributed by atoms with Crippen LogP contribution >= 0.6 is 0 Å². The molecule has 3 N–H and O–H groups in total. The van der Waals surface area contributed by atoms with Crippen molar-refractivity contribution in [3.05, 3.63) is 24.3 Å². The van der Waals surface area contributed by atoms with E-state index in [1.54, 1.807) is 4.90 Å². The molecule has 5 heteroatoms. The maximum absolute atomic E-state index is 11.9. The Labute approximate surface area is 126 Å². The second-order valence-electron chi connectivity index (χ2n) is 5.96. The minimum atomic E-state index is -0.193. The molecule has 1 amide bonds. The number of likely N-dealkylation sites (tertiary alicyclic amines) is 1. The van der Waals surface area contributed by atoms with Crippen LogP contribution in [-0.4, -0.2) is 36.7 Å². The number of rotatable bonds is 4. The average molecular weight is 291 g/mol. The number of hydrogen-bond donors (Lipinski definition) is 2. The second-order valence-corrected chi connectivity index (χ2v) is 5.96. The van der Waals surface area contributed by atoms with Crippen molar-refractivity contribution in [1.29, 1.82) is 0 Å². The zero-order chi connectivity index (χ0) is 15.2. The number of nitrogens with two attached hydrogens (primary N) is 1. The summed E-state index contributed by atoms with van der Waals surface area (Å²) in [4.78, 5) is 13.7. The van der Waals surface area contributed by atoms with Gasteiger partial charge in [0.1, 0.15) is 0 Å². The largest absolute Gasteiger partial charge is 0.449 e. The number of nitrogen functional groups attached to an aromatic ring is 1. The summed E-state index contributed by atoms with van der Waals surface area (Å²) in [6.45, 7) is 6.00. The van der Waals surface area contributed by atoms with Crippen LogP contribution in [-0.2, 0) is 4.74 Å². The van der Waals surface area contributed by atoms with Crippen LogP contribution in [0.4, 0.5) is 16.2 Å². The fraction of sp³-hybridized carbons (Fsp3) is 0.562. The first-order valence-electron chi connectivity index (χ1n) is 7.59. The number of anilines is 2. The number of nitrogens with zero attached hydrogens (tertiary/aromatic N) is 1. The highest BCUT2D eigenvalue weighted by molar-refractivity contribution is 5.68. The molecule has 0 unspecified atom stereocenters. The van der Waals surface area contributed by atoms with Gasteiger partial charge in [0.15, 0.2) is 0 Å². The van der Waals surface area contributed by atoms with E-state index in [4.69, 9.17) is 10.5 Å². The summed E-state index contributed by atoms with van der Waals surface area (Å²) in [6.07, 6.45) is 1.62. The lowest BCUT2D eigenvalue weighted by atomic mass is 10.0. The molecule has 0 aliphatic carbocycles. The van der Waals surface area contributed by atoms with E-state index in [1.807, 2.05) is 38.1 Å². The smallest absolute Gasteiger partial charge is 0.409 e. The van der Waals surface area contributed by atoms with Gasteiger partial charge < -0.3 is 20.7 Å². The molecular weight excluding hydrogens is 266 g/mol. The standard InChI is InChI=1S/C16H25N3O2/c1-12(2)11-21-16(20)19-9-7-13(8-10-19)18-15-6-4-3-5-14(15)17/h3-6,12-13,18H,7-11,17H2,1-2H3. The molecule has 0 spiro atoms. The molecule has 2 rings (SSSR count). The van der Waals surface area contributed by atoms with E-state index in [2.05, 4.69) is 5.32 Å². The van der Waals surface area contributed by atoms with Gasteiger partial charge in [-0.25, -0.2) is 4.79 Å². The van der Waals surface area contributed by atoms with Crippen molar-refractivity contribution in [3.8, 4) is 0 Å². The first-order chi connectivity index (χ1) is 10.1. The molecule has 1 aromatic carbocycles. The van der Waals surface area contributed by atoms with Crippen molar-refractivity contribution < 1.29 is 9.53 Å². The Morgan fingerprint density at radius 2 is 2.05 bits per heavy atom. The van der Waals surface area contributed by atoms with E-state index >= 15 is 0 Å². The van der Waals surface area contributed by atoms with Crippen molar-refractivity contribution in [2.45, 2.75) is 32.7 Å². The SMILES string of the molecule is CC(C)COC(=O)N1CCC(Nc2ccccc2N)CC1. The Balaban J connectivity index is 1.78. The molecule has 0 bridgehead atoms. The predicted molar refractivity (Wildman–Crippen MR) is 85.3 cm³/mol. The van der Waals surface area contributed by atoms with Crippen molar-refractivity contribution in [2.75, 3.05) is 30.7 Å². The highest BCUT2D eigenvalue weighted by atomic mass is 16.6. The molecule has 21 heavy (non-hydrogen) atoms. The molecule has 0 aromatic heterocycles. The number of carbonyl (C=O) groups is 1. The van der Waals surface area contributed by atoms with Gasteiger partial charge in [-0.3, -0.25) is 0 Å².